The number of halogens is 1. The van der Waals surface area contributed by atoms with Crippen LogP contribution in [0, 0.1) is 6.92 Å². The quantitative estimate of drug-likeness (QED) is 0.653. The van der Waals surface area contributed by atoms with Crippen LogP contribution in [-0.4, -0.2) is 20.2 Å². The topological polar surface area (TPSA) is 104 Å². The molecule has 0 saturated carbocycles. The Balaban J connectivity index is 2.28. The fraction of sp³-hybridized carbons (Fsp3) is 0.125. The minimum atomic E-state index is -3.89. The molecule has 7 nitrogen and oxygen atoms in total. The lowest BCUT2D eigenvalue weighted by Gasteiger charge is -2.11. The van der Waals surface area contributed by atoms with E-state index in [4.69, 9.17) is 0 Å². The molecule has 0 unspecified atom stereocenters. The third kappa shape index (κ3) is 5.04. The molecule has 0 spiro atoms. The normalized spacial score (nSPS) is 10.8. The van der Waals surface area contributed by atoms with E-state index in [-0.39, 0.29) is 10.5 Å². The average Bonchev–Trinajstić information content (AvgIpc) is 2.56. The Labute approximate surface area is 154 Å². The molecule has 2 aromatic rings. The molecule has 0 bridgehead atoms. The van der Waals surface area contributed by atoms with Crippen LogP contribution in [0.15, 0.2) is 51.8 Å². The maximum atomic E-state index is 12.6. The zero-order valence-corrected chi connectivity index (χ0v) is 15.9. The van der Waals surface area contributed by atoms with Crippen LogP contribution in [0.4, 0.5) is 5.69 Å². The predicted octanol–water partition coefficient (Wildman–Crippen LogP) is 2.34. The van der Waals surface area contributed by atoms with Crippen molar-refractivity contribution in [1.82, 2.24) is 10.9 Å². The first-order valence-electron chi connectivity index (χ1n) is 7.15. The Hall–Kier alpha value is -2.39. The van der Waals surface area contributed by atoms with Crippen molar-refractivity contribution in [2.75, 3.05) is 4.72 Å². The number of aryl methyl sites for hydroxylation is 1. The zero-order chi connectivity index (χ0) is 18.6. The lowest BCUT2D eigenvalue weighted by atomic mass is 10.2. The molecule has 0 saturated heterocycles. The van der Waals surface area contributed by atoms with Gasteiger partial charge in [-0.05, 0) is 58.7 Å². The Kier molecular flexibility index (Phi) is 5.81. The van der Waals surface area contributed by atoms with E-state index >= 15 is 0 Å². The summed E-state index contributed by atoms with van der Waals surface area (Å²) in [6.07, 6.45) is 0. The highest BCUT2D eigenvalue weighted by molar-refractivity contribution is 9.10. The number of carbonyl (C=O) groups excluding carboxylic acids is 2. The molecule has 2 amide bonds. The fourth-order valence-corrected chi connectivity index (χ4v) is 3.54. The number of carbonyl (C=O) groups is 2. The molecule has 0 aliphatic carbocycles. The molecule has 3 N–H and O–H groups in total. The van der Waals surface area contributed by atoms with Gasteiger partial charge in [0.25, 0.3) is 15.9 Å². The van der Waals surface area contributed by atoms with Crippen molar-refractivity contribution in [3.63, 3.8) is 0 Å². The van der Waals surface area contributed by atoms with Gasteiger partial charge in [-0.25, -0.2) is 8.42 Å². The van der Waals surface area contributed by atoms with Gasteiger partial charge < -0.3 is 0 Å². The first kappa shape index (κ1) is 18.9. The molecule has 132 valence electrons. The number of sulfonamides is 1. The molecule has 0 radical (unpaired) electrons. The van der Waals surface area contributed by atoms with E-state index in [1.165, 1.54) is 31.2 Å². The van der Waals surface area contributed by atoms with Crippen molar-refractivity contribution in [3.8, 4) is 0 Å². The number of anilines is 1. The van der Waals surface area contributed by atoms with Crippen molar-refractivity contribution >= 4 is 43.5 Å². The van der Waals surface area contributed by atoms with Gasteiger partial charge in [0.05, 0.1) is 10.6 Å². The van der Waals surface area contributed by atoms with Crippen LogP contribution in [0.25, 0.3) is 0 Å². The number of rotatable bonds is 4. The van der Waals surface area contributed by atoms with Crippen molar-refractivity contribution < 1.29 is 18.0 Å². The van der Waals surface area contributed by atoms with Crippen LogP contribution in [0.3, 0.4) is 0 Å². The number of hydrogen-bond donors (Lipinski definition) is 3. The van der Waals surface area contributed by atoms with Crippen molar-refractivity contribution in [1.29, 1.82) is 0 Å². The van der Waals surface area contributed by atoms with Gasteiger partial charge in [0.2, 0.25) is 5.91 Å². The molecule has 0 aliphatic heterocycles. The maximum Gasteiger partial charge on any atom is 0.269 e. The summed E-state index contributed by atoms with van der Waals surface area (Å²) in [6, 6.07) is 10.8. The third-order valence-corrected chi connectivity index (χ3v) is 5.18. The predicted molar refractivity (Wildman–Crippen MR) is 97.4 cm³/mol. The molecule has 0 aliphatic rings. The van der Waals surface area contributed by atoms with Gasteiger partial charge in [-0.3, -0.25) is 25.2 Å². The number of nitrogens with one attached hydrogen (secondary N) is 3. The zero-order valence-electron chi connectivity index (χ0n) is 13.5. The molecule has 2 rings (SSSR count). The molecule has 25 heavy (non-hydrogen) atoms. The molecule has 0 heterocycles. The van der Waals surface area contributed by atoms with Crippen LogP contribution in [0.1, 0.15) is 22.8 Å². The van der Waals surface area contributed by atoms with Gasteiger partial charge in [-0.2, -0.15) is 0 Å². The van der Waals surface area contributed by atoms with E-state index in [1.807, 2.05) is 13.0 Å². The average molecular weight is 426 g/mol. The number of amides is 2. The van der Waals surface area contributed by atoms with E-state index in [9.17, 15) is 18.0 Å². The second kappa shape index (κ2) is 7.66. The molecular weight excluding hydrogens is 410 g/mol. The molecule has 9 heteroatoms. The minimum Gasteiger partial charge on any atom is -0.278 e. The Morgan fingerprint density at radius 3 is 2.44 bits per heavy atom. The van der Waals surface area contributed by atoms with E-state index < -0.39 is 21.8 Å². The summed E-state index contributed by atoms with van der Waals surface area (Å²) in [6.45, 7) is 3.09. The number of hydrazine groups is 1. The third-order valence-electron chi connectivity index (χ3n) is 3.12. The number of hydrogen-bond acceptors (Lipinski definition) is 4. The summed E-state index contributed by atoms with van der Waals surface area (Å²) in [7, 11) is -3.89. The van der Waals surface area contributed by atoms with E-state index in [0.29, 0.717) is 10.2 Å². The second-order valence-corrected chi connectivity index (χ2v) is 7.79. The molecule has 2 aromatic carbocycles. The maximum absolute atomic E-state index is 12.6. The highest BCUT2D eigenvalue weighted by atomic mass is 79.9. The van der Waals surface area contributed by atoms with Crippen molar-refractivity contribution in [2.45, 2.75) is 18.7 Å². The molecule has 0 atom stereocenters. The van der Waals surface area contributed by atoms with Crippen LogP contribution in [0.2, 0.25) is 0 Å². The van der Waals surface area contributed by atoms with Crippen LogP contribution < -0.4 is 15.6 Å². The highest BCUT2D eigenvalue weighted by Crippen LogP contribution is 2.26. The summed E-state index contributed by atoms with van der Waals surface area (Å²) in [5.41, 5.74) is 5.71. The number of benzene rings is 2. The van der Waals surface area contributed by atoms with Crippen LogP contribution >= 0.6 is 15.9 Å². The van der Waals surface area contributed by atoms with E-state index in [0.717, 1.165) is 5.56 Å². The smallest absolute Gasteiger partial charge is 0.269 e. The Bertz CT molecular complexity index is 929. The van der Waals surface area contributed by atoms with Gasteiger partial charge in [0.15, 0.2) is 0 Å². The van der Waals surface area contributed by atoms with Crippen molar-refractivity contribution in [3.05, 3.63) is 58.1 Å². The SMILES string of the molecule is CC(=O)NNC(=O)c1cccc(S(=O)(=O)Nc2cc(C)ccc2Br)c1. The van der Waals surface area contributed by atoms with Gasteiger partial charge in [0, 0.05) is 17.0 Å². The van der Waals surface area contributed by atoms with Crippen LogP contribution in [0.5, 0.6) is 0 Å². The monoisotopic (exact) mass is 425 g/mol. The van der Waals surface area contributed by atoms with Gasteiger partial charge in [-0.15, -0.1) is 0 Å². The summed E-state index contributed by atoms with van der Waals surface area (Å²) in [4.78, 5) is 22.7. The summed E-state index contributed by atoms with van der Waals surface area (Å²) < 4.78 is 28.2. The van der Waals surface area contributed by atoms with E-state index in [2.05, 4.69) is 31.5 Å². The van der Waals surface area contributed by atoms with E-state index in [1.54, 1.807) is 12.1 Å². The summed E-state index contributed by atoms with van der Waals surface area (Å²) in [5, 5.41) is 0. The van der Waals surface area contributed by atoms with Gasteiger partial charge in [-0.1, -0.05) is 12.1 Å². The fourth-order valence-electron chi connectivity index (χ4n) is 1.94. The lowest BCUT2D eigenvalue weighted by Crippen LogP contribution is -2.40. The van der Waals surface area contributed by atoms with Gasteiger partial charge in [0.1, 0.15) is 0 Å². The Morgan fingerprint density at radius 1 is 1.04 bits per heavy atom. The molecule has 0 fully saturated rings. The van der Waals surface area contributed by atoms with Gasteiger partial charge >= 0.3 is 0 Å². The Morgan fingerprint density at radius 2 is 1.76 bits per heavy atom. The van der Waals surface area contributed by atoms with Crippen LogP contribution in [-0.2, 0) is 14.8 Å². The first-order chi connectivity index (χ1) is 11.7. The molecule has 0 aromatic heterocycles. The first-order valence-corrected chi connectivity index (χ1v) is 9.42. The highest BCUT2D eigenvalue weighted by Gasteiger charge is 2.18. The standard InChI is InChI=1S/C16H16BrN3O4S/c1-10-6-7-14(17)15(8-10)20-25(23,24)13-5-3-4-12(9-13)16(22)19-18-11(2)21/h3-9,20H,1-2H3,(H,18,21)(H,19,22). The lowest BCUT2D eigenvalue weighted by molar-refractivity contribution is -0.119. The van der Waals surface area contributed by atoms with Crippen molar-refractivity contribution in [2.24, 2.45) is 0 Å². The molecular formula is C16H16BrN3O4S. The minimum absolute atomic E-state index is 0.0728. The summed E-state index contributed by atoms with van der Waals surface area (Å²) >= 11 is 3.30. The summed E-state index contributed by atoms with van der Waals surface area (Å²) in [5.74, 6) is -1.06. The largest absolute Gasteiger partial charge is 0.278 e. The second-order valence-electron chi connectivity index (χ2n) is 5.25.